The lowest BCUT2D eigenvalue weighted by atomic mass is 10.0. The summed E-state index contributed by atoms with van der Waals surface area (Å²) in [6.45, 7) is 0. The maximum atomic E-state index is 12.2. The van der Waals surface area contributed by atoms with Crippen LogP contribution in [-0.2, 0) is 0 Å². The molecule has 0 bridgehead atoms. The minimum absolute atomic E-state index is 0.408. The molecule has 0 aliphatic carbocycles. The topological polar surface area (TPSA) is 57.9 Å². The Bertz CT molecular complexity index is 1280. The molecule has 0 N–H and O–H groups in total. The van der Waals surface area contributed by atoms with Crippen LogP contribution in [0.15, 0.2) is 63.8 Å². The molecule has 3 aromatic carbocycles. The maximum absolute atomic E-state index is 12.2. The van der Waals surface area contributed by atoms with Crippen molar-refractivity contribution < 1.29 is 18.6 Å². The first-order valence-corrected chi connectivity index (χ1v) is 9.08. The summed E-state index contributed by atoms with van der Waals surface area (Å²) in [5.41, 5.74) is 1.76. The minimum Gasteiger partial charge on any atom is -0.497 e. The standard InChI is InChI=1S/C24H20O5/c1-26-17-10-9-15(22(14-17)28-3)7-8-16-13-23(25)29-24-18(16)11-12-19-20(24)5-4-6-21(19)27-2/h4-14H,1-3H3/b8-7+. The summed E-state index contributed by atoms with van der Waals surface area (Å²) in [4.78, 5) is 12.2. The van der Waals surface area contributed by atoms with Crippen LogP contribution in [0.3, 0.4) is 0 Å². The maximum Gasteiger partial charge on any atom is 0.336 e. The molecule has 0 atom stereocenters. The molecule has 4 rings (SSSR count). The van der Waals surface area contributed by atoms with Gasteiger partial charge in [0, 0.05) is 33.9 Å². The Morgan fingerprint density at radius 2 is 1.48 bits per heavy atom. The van der Waals surface area contributed by atoms with E-state index in [-0.39, 0.29) is 0 Å². The lowest BCUT2D eigenvalue weighted by Gasteiger charge is -2.09. The van der Waals surface area contributed by atoms with Crippen molar-refractivity contribution in [3.05, 3.63) is 76.1 Å². The molecule has 0 amide bonds. The predicted molar refractivity (Wildman–Crippen MR) is 115 cm³/mol. The first kappa shape index (κ1) is 18.6. The molecule has 5 nitrogen and oxygen atoms in total. The van der Waals surface area contributed by atoms with Gasteiger partial charge in [-0.15, -0.1) is 0 Å². The molecule has 0 aliphatic rings. The molecule has 0 radical (unpaired) electrons. The molecule has 0 saturated carbocycles. The van der Waals surface area contributed by atoms with Gasteiger partial charge in [0.05, 0.1) is 21.3 Å². The molecule has 5 heteroatoms. The first-order chi connectivity index (χ1) is 14.1. The highest BCUT2D eigenvalue weighted by Gasteiger charge is 2.11. The second kappa shape index (κ2) is 7.72. The van der Waals surface area contributed by atoms with Crippen LogP contribution in [0.2, 0.25) is 0 Å². The average molecular weight is 388 g/mol. The van der Waals surface area contributed by atoms with E-state index in [2.05, 4.69) is 0 Å². The lowest BCUT2D eigenvalue weighted by Crippen LogP contribution is -1.98. The summed E-state index contributed by atoms with van der Waals surface area (Å²) in [6.07, 6.45) is 3.79. The summed E-state index contributed by atoms with van der Waals surface area (Å²) in [7, 11) is 4.84. The number of methoxy groups -OCH3 is 3. The number of fused-ring (bicyclic) bond motifs is 3. The monoisotopic (exact) mass is 388 g/mol. The van der Waals surface area contributed by atoms with Crippen LogP contribution in [0.1, 0.15) is 11.1 Å². The van der Waals surface area contributed by atoms with Crippen molar-refractivity contribution in [3.8, 4) is 17.2 Å². The highest BCUT2D eigenvalue weighted by molar-refractivity contribution is 6.08. The fourth-order valence-electron chi connectivity index (χ4n) is 3.43. The first-order valence-electron chi connectivity index (χ1n) is 9.08. The fourth-order valence-corrected chi connectivity index (χ4v) is 3.43. The molecule has 0 fully saturated rings. The van der Waals surface area contributed by atoms with Gasteiger partial charge in [-0.25, -0.2) is 4.79 Å². The van der Waals surface area contributed by atoms with Gasteiger partial charge in [0.1, 0.15) is 22.8 Å². The molecule has 1 aromatic heterocycles. The Hall–Kier alpha value is -3.73. The Morgan fingerprint density at radius 1 is 0.724 bits per heavy atom. The van der Waals surface area contributed by atoms with E-state index in [4.69, 9.17) is 18.6 Å². The van der Waals surface area contributed by atoms with Crippen molar-refractivity contribution >= 4 is 33.9 Å². The highest BCUT2D eigenvalue weighted by Crippen LogP contribution is 2.33. The van der Waals surface area contributed by atoms with Gasteiger partial charge < -0.3 is 18.6 Å². The molecule has 0 unspecified atom stereocenters. The van der Waals surface area contributed by atoms with Crippen molar-refractivity contribution in [2.45, 2.75) is 0 Å². The Labute approximate surface area is 167 Å². The average Bonchev–Trinajstić information content (AvgIpc) is 2.76. The zero-order chi connectivity index (χ0) is 20.4. The van der Waals surface area contributed by atoms with Crippen LogP contribution in [0.4, 0.5) is 0 Å². The van der Waals surface area contributed by atoms with E-state index in [1.54, 1.807) is 21.3 Å². The van der Waals surface area contributed by atoms with Gasteiger partial charge >= 0.3 is 5.63 Å². The third-order valence-electron chi connectivity index (χ3n) is 4.86. The third kappa shape index (κ3) is 3.43. The van der Waals surface area contributed by atoms with E-state index in [9.17, 15) is 4.79 Å². The zero-order valence-corrected chi connectivity index (χ0v) is 16.4. The van der Waals surface area contributed by atoms with Crippen molar-refractivity contribution in [1.29, 1.82) is 0 Å². The Kier molecular flexibility index (Phi) is 4.96. The summed E-state index contributed by atoms with van der Waals surface area (Å²) in [5, 5.41) is 2.56. The van der Waals surface area contributed by atoms with Crippen molar-refractivity contribution in [3.63, 3.8) is 0 Å². The Morgan fingerprint density at radius 3 is 2.24 bits per heavy atom. The highest BCUT2D eigenvalue weighted by atomic mass is 16.5. The number of ether oxygens (including phenoxy) is 3. The van der Waals surface area contributed by atoms with E-state index < -0.39 is 5.63 Å². The summed E-state index contributed by atoms with van der Waals surface area (Å²) >= 11 is 0. The zero-order valence-electron chi connectivity index (χ0n) is 16.4. The molecule has 0 spiro atoms. The van der Waals surface area contributed by atoms with E-state index in [1.807, 2.05) is 60.7 Å². The molecule has 0 aliphatic heterocycles. The number of benzene rings is 3. The van der Waals surface area contributed by atoms with Crippen molar-refractivity contribution in [1.82, 2.24) is 0 Å². The summed E-state index contributed by atoms with van der Waals surface area (Å²) < 4.78 is 21.7. The molecular formula is C24H20O5. The van der Waals surface area contributed by atoms with Crippen LogP contribution in [0, 0.1) is 0 Å². The van der Waals surface area contributed by atoms with Gasteiger partial charge in [0.25, 0.3) is 0 Å². The van der Waals surface area contributed by atoms with Crippen LogP contribution in [-0.4, -0.2) is 21.3 Å². The molecule has 0 saturated heterocycles. The van der Waals surface area contributed by atoms with Crippen molar-refractivity contribution in [2.24, 2.45) is 0 Å². The lowest BCUT2D eigenvalue weighted by molar-refractivity contribution is 0.394. The van der Waals surface area contributed by atoms with Crippen LogP contribution >= 0.6 is 0 Å². The van der Waals surface area contributed by atoms with Gasteiger partial charge in [-0.3, -0.25) is 0 Å². The van der Waals surface area contributed by atoms with E-state index in [0.29, 0.717) is 17.1 Å². The van der Waals surface area contributed by atoms with Gasteiger partial charge in [-0.1, -0.05) is 24.3 Å². The SMILES string of the molecule is COc1ccc(/C=C/c2cc(=O)oc3c2ccc2c(OC)cccc23)c(OC)c1. The quantitative estimate of drug-likeness (QED) is 0.350. The molecule has 29 heavy (non-hydrogen) atoms. The second-order valence-corrected chi connectivity index (χ2v) is 6.46. The fraction of sp³-hybridized carbons (Fsp3) is 0.125. The minimum atomic E-state index is -0.408. The van der Waals surface area contributed by atoms with E-state index >= 15 is 0 Å². The van der Waals surface area contributed by atoms with Crippen LogP contribution in [0.25, 0.3) is 33.9 Å². The van der Waals surface area contributed by atoms with Crippen molar-refractivity contribution in [2.75, 3.05) is 21.3 Å². The number of rotatable bonds is 5. The molecule has 1 heterocycles. The number of hydrogen-bond acceptors (Lipinski definition) is 5. The summed E-state index contributed by atoms with van der Waals surface area (Å²) in [6, 6.07) is 16.7. The van der Waals surface area contributed by atoms with Crippen LogP contribution < -0.4 is 19.8 Å². The molecular weight excluding hydrogens is 368 g/mol. The van der Waals surface area contributed by atoms with Gasteiger partial charge in [0.2, 0.25) is 0 Å². The van der Waals surface area contributed by atoms with E-state index in [1.165, 1.54) is 6.07 Å². The van der Waals surface area contributed by atoms with Gasteiger partial charge in [-0.05, 0) is 35.9 Å². The van der Waals surface area contributed by atoms with Gasteiger partial charge in [-0.2, -0.15) is 0 Å². The Balaban J connectivity index is 1.88. The van der Waals surface area contributed by atoms with Gasteiger partial charge in [0.15, 0.2) is 0 Å². The third-order valence-corrected chi connectivity index (χ3v) is 4.86. The summed E-state index contributed by atoms with van der Waals surface area (Å²) in [5.74, 6) is 2.13. The smallest absolute Gasteiger partial charge is 0.336 e. The largest absolute Gasteiger partial charge is 0.497 e. The predicted octanol–water partition coefficient (Wildman–Crippen LogP) is 5.14. The van der Waals surface area contributed by atoms with Crippen LogP contribution in [0.5, 0.6) is 17.2 Å². The molecule has 4 aromatic rings. The number of hydrogen-bond donors (Lipinski definition) is 0. The normalized spacial score (nSPS) is 11.3. The van der Waals surface area contributed by atoms with E-state index in [0.717, 1.165) is 33.0 Å². The molecule has 146 valence electrons. The second-order valence-electron chi connectivity index (χ2n) is 6.46.